The van der Waals surface area contributed by atoms with E-state index < -0.39 is 36.0 Å². The summed E-state index contributed by atoms with van der Waals surface area (Å²) >= 11 is 0. The molecule has 0 heterocycles. The number of rotatable bonds is 7. The van der Waals surface area contributed by atoms with Crippen LogP contribution in [-0.2, 0) is 19.2 Å². The van der Waals surface area contributed by atoms with E-state index in [1.54, 1.807) is 18.2 Å². The number of halogens is 3. The third kappa shape index (κ3) is 10.8. The Hall–Kier alpha value is -3.77. The lowest BCUT2D eigenvalue weighted by Crippen LogP contribution is -2.40. The van der Waals surface area contributed by atoms with Gasteiger partial charge in [0, 0.05) is 23.9 Å². The van der Waals surface area contributed by atoms with Crippen molar-refractivity contribution in [3.8, 4) is 0 Å². The number of carboxylic acid groups (broad SMARTS) is 2. The van der Waals surface area contributed by atoms with Gasteiger partial charge < -0.3 is 32.7 Å². The van der Waals surface area contributed by atoms with Crippen LogP contribution in [-0.4, -0.2) is 46.2 Å². The largest absolute Gasteiger partial charge is 0.490 e. The molecule has 0 saturated carbocycles. The second kappa shape index (κ2) is 11.2. The molecule has 1 rings (SSSR count). The van der Waals surface area contributed by atoms with Crippen LogP contribution in [0.4, 0.5) is 24.5 Å². The molecule has 0 bridgehead atoms. The summed E-state index contributed by atoms with van der Waals surface area (Å²) in [6.07, 6.45) is -2.73. The molecular weight excluding hydrogens is 401 g/mol. The summed E-state index contributed by atoms with van der Waals surface area (Å²) in [5.41, 5.74) is 17.7. The van der Waals surface area contributed by atoms with Gasteiger partial charge in [-0.15, -0.1) is 0 Å². The highest BCUT2D eigenvalue weighted by Crippen LogP contribution is 2.17. The molecule has 9 N–H and O–H groups in total. The number of nitrogens with one attached hydrogen (secondary N) is 1. The normalized spacial score (nSPS) is 11.8. The third-order valence-electron chi connectivity index (χ3n) is 3.06. The van der Waals surface area contributed by atoms with Crippen LogP contribution < -0.4 is 22.5 Å². The molecule has 2 amide bonds. The zero-order chi connectivity index (χ0) is 22.8. The van der Waals surface area contributed by atoms with E-state index in [2.05, 4.69) is 5.32 Å². The van der Waals surface area contributed by atoms with Crippen LogP contribution in [0.5, 0.6) is 0 Å². The number of benzene rings is 1. The third-order valence-corrected chi connectivity index (χ3v) is 3.06. The molecule has 1 aromatic carbocycles. The van der Waals surface area contributed by atoms with E-state index in [-0.39, 0.29) is 12.8 Å². The van der Waals surface area contributed by atoms with Crippen molar-refractivity contribution in [2.45, 2.75) is 25.1 Å². The van der Waals surface area contributed by atoms with Crippen LogP contribution in [0.2, 0.25) is 0 Å². The summed E-state index contributed by atoms with van der Waals surface area (Å²) in [5, 5.41) is 18.4. The molecule has 1 unspecified atom stereocenters. The first kappa shape index (κ1) is 25.2. The molecule has 13 heteroatoms. The summed E-state index contributed by atoms with van der Waals surface area (Å²) in [6.45, 7) is 0. The fourth-order valence-corrected chi connectivity index (χ4v) is 1.67. The van der Waals surface area contributed by atoms with Gasteiger partial charge in [-0.25, -0.2) is 9.59 Å². The molecule has 0 aromatic heterocycles. The van der Waals surface area contributed by atoms with Crippen LogP contribution in [0.3, 0.4) is 0 Å². The monoisotopic (exact) mass is 420 g/mol. The van der Waals surface area contributed by atoms with Gasteiger partial charge in [0.15, 0.2) is 0 Å². The van der Waals surface area contributed by atoms with Crippen LogP contribution in [0.15, 0.2) is 24.3 Å². The van der Waals surface area contributed by atoms with Gasteiger partial charge in [-0.3, -0.25) is 9.59 Å². The molecular formula is C16H19F3N4O6. The van der Waals surface area contributed by atoms with Crippen molar-refractivity contribution in [3.63, 3.8) is 0 Å². The number of carbonyl (C=O) groups excluding carboxylic acids is 2. The zero-order valence-corrected chi connectivity index (χ0v) is 14.8. The van der Waals surface area contributed by atoms with E-state index in [0.717, 1.165) is 6.08 Å². The highest BCUT2D eigenvalue weighted by Gasteiger charge is 2.38. The lowest BCUT2D eigenvalue weighted by atomic mass is 10.1. The summed E-state index contributed by atoms with van der Waals surface area (Å²) in [6, 6.07) is 3.61. The molecule has 0 aliphatic carbocycles. The van der Waals surface area contributed by atoms with Crippen LogP contribution in [0, 0.1) is 0 Å². The van der Waals surface area contributed by atoms with Crippen LogP contribution in [0.25, 0.3) is 6.08 Å². The minimum atomic E-state index is -5.08. The van der Waals surface area contributed by atoms with Crippen molar-refractivity contribution in [2.75, 3.05) is 11.5 Å². The number of primary amides is 1. The lowest BCUT2D eigenvalue weighted by Gasteiger charge is -2.12. The molecule has 1 atom stereocenters. The quantitative estimate of drug-likeness (QED) is 0.268. The van der Waals surface area contributed by atoms with Gasteiger partial charge in [-0.1, -0.05) is 0 Å². The summed E-state index contributed by atoms with van der Waals surface area (Å²) in [7, 11) is 0. The summed E-state index contributed by atoms with van der Waals surface area (Å²) in [5.74, 6) is -5.26. The SMILES string of the molecule is NC(=O)CCC(NC(=O)/C=C/c1cc(N)ccc1N)C(=O)O.O=C(O)C(F)(F)F. The minimum absolute atomic E-state index is 0.0787. The first-order chi connectivity index (χ1) is 13.2. The second-order valence-electron chi connectivity index (χ2n) is 5.43. The topological polar surface area (TPSA) is 199 Å². The van der Waals surface area contributed by atoms with E-state index >= 15 is 0 Å². The standard InChI is InChI=1S/C14H18N4O4.C2HF3O2/c15-9-2-3-10(16)8(7-9)1-6-13(20)18-11(14(21)22)4-5-12(17)19;3-2(4,5)1(6)7/h1-3,6-7,11H,4-5,15-16H2,(H2,17,19)(H,18,20)(H,21,22);(H,6,7)/b6-1+;. The van der Waals surface area contributed by atoms with Gasteiger partial charge in [-0.05, 0) is 36.3 Å². The number of carbonyl (C=O) groups is 4. The van der Waals surface area contributed by atoms with Gasteiger partial charge in [-0.2, -0.15) is 13.2 Å². The van der Waals surface area contributed by atoms with Crippen LogP contribution >= 0.6 is 0 Å². The van der Waals surface area contributed by atoms with Gasteiger partial charge >= 0.3 is 18.1 Å². The fraction of sp³-hybridized carbons (Fsp3) is 0.250. The molecule has 0 radical (unpaired) electrons. The van der Waals surface area contributed by atoms with Crippen LogP contribution in [0.1, 0.15) is 18.4 Å². The van der Waals surface area contributed by atoms with Crippen molar-refractivity contribution in [2.24, 2.45) is 5.73 Å². The fourth-order valence-electron chi connectivity index (χ4n) is 1.67. The van der Waals surface area contributed by atoms with E-state index in [1.807, 2.05) is 0 Å². The maximum absolute atomic E-state index is 11.7. The maximum atomic E-state index is 11.7. The smallest absolute Gasteiger partial charge is 0.480 e. The number of nitrogens with two attached hydrogens (primary N) is 3. The molecule has 0 fully saturated rings. The summed E-state index contributed by atoms with van der Waals surface area (Å²) in [4.78, 5) is 42.3. The Bertz CT molecular complexity index is 795. The second-order valence-corrected chi connectivity index (χ2v) is 5.43. The molecule has 10 nitrogen and oxygen atoms in total. The predicted octanol–water partition coefficient (Wildman–Crippen LogP) is 0.332. The molecule has 0 aliphatic rings. The van der Waals surface area contributed by atoms with Crippen molar-refractivity contribution >= 4 is 41.2 Å². The Balaban J connectivity index is 0.000000956. The number of amides is 2. The Morgan fingerprint density at radius 2 is 1.69 bits per heavy atom. The molecule has 0 spiro atoms. The number of hydrogen-bond acceptors (Lipinski definition) is 6. The number of hydrogen-bond donors (Lipinski definition) is 6. The van der Waals surface area contributed by atoms with Gasteiger partial charge in [0.05, 0.1) is 0 Å². The van der Waals surface area contributed by atoms with Gasteiger partial charge in [0.2, 0.25) is 11.8 Å². The predicted molar refractivity (Wildman–Crippen MR) is 96.0 cm³/mol. The first-order valence-electron chi connectivity index (χ1n) is 7.68. The van der Waals surface area contributed by atoms with Crippen molar-refractivity contribution < 1.29 is 42.6 Å². The highest BCUT2D eigenvalue weighted by atomic mass is 19.4. The number of alkyl halides is 3. The van der Waals surface area contributed by atoms with Gasteiger partial charge in [0.25, 0.3) is 0 Å². The average Bonchev–Trinajstić information content (AvgIpc) is 2.58. The van der Waals surface area contributed by atoms with Gasteiger partial charge in [0.1, 0.15) is 6.04 Å². The Kier molecular flexibility index (Phi) is 9.71. The van der Waals surface area contributed by atoms with E-state index in [9.17, 15) is 27.6 Å². The number of carboxylic acids is 2. The maximum Gasteiger partial charge on any atom is 0.490 e. The van der Waals surface area contributed by atoms with Crippen molar-refractivity contribution in [3.05, 3.63) is 29.8 Å². The van der Waals surface area contributed by atoms with Crippen molar-refractivity contribution in [1.29, 1.82) is 0 Å². The molecule has 29 heavy (non-hydrogen) atoms. The zero-order valence-electron chi connectivity index (χ0n) is 14.8. The Labute approximate surface area is 162 Å². The molecule has 1 aromatic rings. The number of nitrogen functional groups attached to an aromatic ring is 2. The van der Waals surface area contributed by atoms with E-state index in [4.69, 9.17) is 32.2 Å². The molecule has 160 valence electrons. The average molecular weight is 420 g/mol. The highest BCUT2D eigenvalue weighted by molar-refractivity contribution is 5.95. The Morgan fingerprint density at radius 1 is 1.14 bits per heavy atom. The van der Waals surface area contributed by atoms with E-state index in [1.165, 1.54) is 6.08 Å². The minimum Gasteiger partial charge on any atom is -0.480 e. The number of anilines is 2. The number of aliphatic carboxylic acids is 2. The lowest BCUT2D eigenvalue weighted by molar-refractivity contribution is -0.192. The van der Waals surface area contributed by atoms with E-state index in [0.29, 0.717) is 16.9 Å². The first-order valence-corrected chi connectivity index (χ1v) is 7.68. The summed E-state index contributed by atoms with van der Waals surface area (Å²) < 4.78 is 31.7. The Morgan fingerprint density at radius 3 is 2.14 bits per heavy atom. The molecule has 0 aliphatic heterocycles. The van der Waals surface area contributed by atoms with Crippen molar-refractivity contribution in [1.82, 2.24) is 5.32 Å². The molecule has 0 saturated heterocycles.